The van der Waals surface area contributed by atoms with Gasteiger partial charge in [-0.2, -0.15) is 0 Å². The van der Waals surface area contributed by atoms with Crippen molar-refractivity contribution in [3.63, 3.8) is 0 Å². The number of benzene rings is 1. The Morgan fingerprint density at radius 2 is 1.82 bits per heavy atom. The van der Waals surface area contributed by atoms with E-state index in [9.17, 15) is 4.79 Å². The van der Waals surface area contributed by atoms with E-state index in [0.717, 1.165) is 5.69 Å². The number of primary amides is 1. The summed E-state index contributed by atoms with van der Waals surface area (Å²) in [4.78, 5) is 12.9. The van der Waals surface area contributed by atoms with Crippen LogP contribution in [0.1, 0.15) is 17.5 Å². The largest absolute Gasteiger partial charge is 0.375 e. The van der Waals surface area contributed by atoms with E-state index >= 15 is 0 Å². The molecule has 4 N–H and O–H groups in total. The van der Waals surface area contributed by atoms with E-state index in [-0.39, 0.29) is 0 Å². The van der Waals surface area contributed by atoms with E-state index in [4.69, 9.17) is 11.5 Å². The molecule has 0 aliphatic heterocycles. The summed E-state index contributed by atoms with van der Waals surface area (Å²) < 4.78 is 0. The molecule has 0 aromatic heterocycles. The summed E-state index contributed by atoms with van der Waals surface area (Å²) in [5, 5.41) is 0. The molecule has 0 bridgehead atoms. The van der Waals surface area contributed by atoms with Gasteiger partial charge in [-0.05, 0) is 43.5 Å². The minimum atomic E-state index is -0.566. The molecule has 1 rings (SSSR count). The van der Waals surface area contributed by atoms with Gasteiger partial charge in [0.25, 0.3) is 0 Å². The van der Waals surface area contributed by atoms with Crippen molar-refractivity contribution in [2.24, 2.45) is 11.5 Å². The van der Waals surface area contributed by atoms with Crippen molar-refractivity contribution < 1.29 is 4.79 Å². The van der Waals surface area contributed by atoms with Crippen LogP contribution in [0.25, 0.3) is 0 Å². The summed E-state index contributed by atoms with van der Waals surface area (Å²) in [5.41, 5.74) is 14.3. The fourth-order valence-electron chi connectivity index (χ4n) is 1.78. The normalized spacial score (nSPS) is 12.2. The maximum Gasteiger partial charge on any atom is 0.234 e. The molecule has 0 saturated heterocycles. The smallest absolute Gasteiger partial charge is 0.234 e. The zero-order valence-corrected chi connectivity index (χ0v) is 10.7. The van der Waals surface area contributed by atoms with Crippen LogP contribution in [0.4, 0.5) is 5.69 Å². The van der Waals surface area contributed by atoms with Gasteiger partial charge in [-0.25, -0.2) is 0 Å². The van der Waals surface area contributed by atoms with Gasteiger partial charge in [-0.1, -0.05) is 6.07 Å². The molecule has 4 nitrogen and oxygen atoms in total. The molecule has 0 saturated carbocycles. The maximum absolute atomic E-state index is 10.8. The van der Waals surface area contributed by atoms with Gasteiger partial charge < -0.3 is 16.4 Å². The Morgan fingerprint density at radius 1 is 1.29 bits per heavy atom. The fraction of sp³-hybridized carbons (Fsp3) is 0.462. The SMILES string of the molecule is Cc1cc(C)cc(N(C)CCC(N)C(N)=O)c1. The topological polar surface area (TPSA) is 72.3 Å². The fourth-order valence-corrected chi connectivity index (χ4v) is 1.78. The van der Waals surface area contributed by atoms with Gasteiger partial charge in [0.1, 0.15) is 0 Å². The molecular weight excluding hydrogens is 214 g/mol. The van der Waals surface area contributed by atoms with Gasteiger partial charge in [0.2, 0.25) is 5.91 Å². The number of carbonyl (C=O) groups excluding carboxylic acids is 1. The van der Waals surface area contributed by atoms with E-state index in [0.29, 0.717) is 13.0 Å². The van der Waals surface area contributed by atoms with Crippen LogP contribution in [-0.2, 0) is 4.79 Å². The zero-order chi connectivity index (χ0) is 13.0. The van der Waals surface area contributed by atoms with Crippen molar-refractivity contribution in [3.05, 3.63) is 29.3 Å². The number of hydrogen-bond acceptors (Lipinski definition) is 3. The highest BCUT2D eigenvalue weighted by molar-refractivity contribution is 5.79. The van der Waals surface area contributed by atoms with Gasteiger partial charge in [-0.3, -0.25) is 4.79 Å². The van der Waals surface area contributed by atoms with E-state index in [2.05, 4.69) is 36.9 Å². The Balaban J connectivity index is 2.63. The third kappa shape index (κ3) is 4.07. The van der Waals surface area contributed by atoms with Crippen LogP contribution < -0.4 is 16.4 Å². The van der Waals surface area contributed by atoms with E-state index < -0.39 is 11.9 Å². The van der Waals surface area contributed by atoms with Crippen molar-refractivity contribution in [2.45, 2.75) is 26.3 Å². The lowest BCUT2D eigenvalue weighted by Crippen LogP contribution is -2.39. The molecule has 0 radical (unpaired) electrons. The van der Waals surface area contributed by atoms with Gasteiger partial charge in [0, 0.05) is 19.3 Å². The second-order valence-electron chi connectivity index (χ2n) is 4.57. The highest BCUT2D eigenvalue weighted by Crippen LogP contribution is 2.17. The molecule has 1 aromatic carbocycles. The van der Waals surface area contributed by atoms with Gasteiger partial charge >= 0.3 is 0 Å². The standard InChI is InChI=1S/C13H21N3O/c1-9-6-10(2)8-11(7-9)16(3)5-4-12(14)13(15)17/h6-8,12H,4-5,14H2,1-3H3,(H2,15,17). The molecular formula is C13H21N3O. The lowest BCUT2D eigenvalue weighted by atomic mass is 10.1. The number of anilines is 1. The average molecular weight is 235 g/mol. The summed E-state index contributed by atoms with van der Waals surface area (Å²) in [6.45, 7) is 4.85. The van der Waals surface area contributed by atoms with Crippen LogP contribution in [0.5, 0.6) is 0 Å². The molecule has 94 valence electrons. The third-order valence-corrected chi connectivity index (χ3v) is 2.79. The van der Waals surface area contributed by atoms with Crippen LogP contribution in [-0.4, -0.2) is 25.5 Å². The lowest BCUT2D eigenvalue weighted by Gasteiger charge is -2.21. The molecule has 0 aliphatic carbocycles. The number of aryl methyl sites for hydroxylation is 2. The first kappa shape index (κ1) is 13.5. The van der Waals surface area contributed by atoms with E-state index in [1.165, 1.54) is 11.1 Å². The van der Waals surface area contributed by atoms with Crippen molar-refractivity contribution >= 4 is 11.6 Å². The van der Waals surface area contributed by atoms with Crippen LogP contribution in [0.2, 0.25) is 0 Å². The number of amides is 1. The highest BCUT2D eigenvalue weighted by Gasteiger charge is 2.10. The summed E-state index contributed by atoms with van der Waals surface area (Å²) in [6.07, 6.45) is 0.568. The van der Waals surface area contributed by atoms with Crippen molar-refractivity contribution in [1.82, 2.24) is 0 Å². The van der Waals surface area contributed by atoms with Crippen molar-refractivity contribution in [1.29, 1.82) is 0 Å². The first-order valence-electron chi connectivity index (χ1n) is 5.74. The van der Waals surface area contributed by atoms with Crippen molar-refractivity contribution in [2.75, 3.05) is 18.5 Å². The number of rotatable bonds is 5. The predicted molar refractivity (Wildman–Crippen MR) is 71.0 cm³/mol. The summed E-state index contributed by atoms with van der Waals surface area (Å²) in [7, 11) is 1.99. The minimum absolute atomic E-state index is 0.446. The second kappa shape index (κ2) is 5.68. The molecule has 4 heteroatoms. The van der Waals surface area contributed by atoms with Gasteiger partial charge in [-0.15, -0.1) is 0 Å². The molecule has 1 unspecified atom stereocenters. The Morgan fingerprint density at radius 3 is 2.29 bits per heavy atom. The quantitative estimate of drug-likeness (QED) is 0.798. The summed E-state index contributed by atoms with van der Waals surface area (Å²) in [5.74, 6) is -0.446. The first-order valence-corrected chi connectivity index (χ1v) is 5.74. The summed E-state index contributed by atoms with van der Waals surface area (Å²) in [6, 6.07) is 5.79. The maximum atomic E-state index is 10.8. The zero-order valence-electron chi connectivity index (χ0n) is 10.7. The molecule has 0 aliphatic rings. The lowest BCUT2D eigenvalue weighted by molar-refractivity contribution is -0.119. The van der Waals surface area contributed by atoms with Crippen molar-refractivity contribution in [3.8, 4) is 0 Å². The van der Waals surface area contributed by atoms with E-state index in [1.54, 1.807) is 0 Å². The Kier molecular flexibility index (Phi) is 4.52. The minimum Gasteiger partial charge on any atom is -0.375 e. The van der Waals surface area contributed by atoms with Gasteiger partial charge in [0.15, 0.2) is 0 Å². The Hall–Kier alpha value is -1.55. The third-order valence-electron chi connectivity index (χ3n) is 2.79. The molecule has 0 spiro atoms. The number of hydrogen-bond donors (Lipinski definition) is 2. The summed E-state index contributed by atoms with van der Waals surface area (Å²) >= 11 is 0. The second-order valence-corrected chi connectivity index (χ2v) is 4.57. The molecule has 0 fully saturated rings. The van der Waals surface area contributed by atoms with Crippen LogP contribution in [0.15, 0.2) is 18.2 Å². The highest BCUT2D eigenvalue weighted by atomic mass is 16.1. The number of nitrogens with zero attached hydrogens (tertiary/aromatic N) is 1. The molecule has 1 aromatic rings. The Labute approximate surface area is 103 Å². The van der Waals surface area contributed by atoms with Crippen LogP contribution >= 0.6 is 0 Å². The van der Waals surface area contributed by atoms with Crippen LogP contribution in [0.3, 0.4) is 0 Å². The predicted octanol–water partition coefficient (Wildman–Crippen LogP) is 0.942. The molecule has 1 atom stereocenters. The molecule has 1 amide bonds. The first-order chi connectivity index (χ1) is 7.90. The van der Waals surface area contributed by atoms with Crippen LogP contribution in [0, 0.1) is 13.8 Å². The van der Waals surface area contributed by atoms with Gasteiger partial charge in [0.05, 0.1) is 6.04 Å². The average Bonchev–Trinajstić information content (AvgIpc) is 2.23. The molecule has 17 heavy (non-hydrogen) atoms. The molecule has 0 heterocycles. The van der Waals surface area contributed by atoms with E-state index in [1.807, 2.05) is 7.05 Å². The Bertz CT molecular complexity index is 383. The number of carbonyl (C=O) groups is 1. The monoisotopic (exact) mass is 235 g/mol. The number of nitrogens with two attached hydrogens (primary N) is 2.